The van der Waals surface area contributed by atoms with Gasteiger partial charge in [-0.05, 0) is 48.8 Å². The van der Waals surface area contributed by atoms with Crippen LogP contribution in [0.5, 0.6) is 5.75 Å². The number of nitrogens with one attached hydrogen (secondary N) is 1. The molecule has 1 aliphatic carbocycles. The van der Waals surface area contributed by atoms with Gasteiger partial charge in [-0.15, -0.1) is 12.4 Å². The van der Waals surface area contributed by atoms with Gasteiger partial charge in [-0.1, -0.05) is 6.42 Å². The van der Waals surface area contributed by atoms with Gasteiger partial charge < -0.3 is 19.7 Å². The zero-order chi connectivity index (χ0) is 18.1. The number of likely N-dealkylation sites (tertiary alicyclic amines) is 1. The van der Waals surface area contributed by atoms with Gasteiger partial charge in [0.25, 0.3) is 5.91 Å². The monoisotopic (exact) mass is 394 g/mol. The van der Waals surface area contributed by atoms with Crippen LogP contribution in [-0.2, 0) is 4.74 Å². The summed E-state index contributed by atoms with van der Waals surface area (Å²) in [6.07, 6.45) is 3.63. The number of esters is 1. The van der Waals surface area contributed by atoms with Crippen molar-refractivity contribution in [2.24, 2.45) is 17.8 Å². The number of amides is 1. The Labute approximate surface area is 166 Å². The quantitative estimate of drug-likeness (QED) is 0.776. The first-order valence-electron chi connectivity index (χ1n) is 9.50. The Kier molecular flexibility index (Phi) is 6.27. The summed E-state index contributed by atoms with van der Waals surface area (Å²) in [5.74, 6) is 1.76. The molecule has 3 fully saturated rings. The predicted molar refractivity (Wildman–Crippen MR) is 104 cm³/mol. The van der Waals surface area contributed by atoms with Crippen molar-refractivity contribution < 1.29 is 19.1 Å². The highest BCUT2D eigenvalue weighted by Crippen LogP contribution is 2.30. The molecule has 27 heavy (non-hydrogen) atoms. The van der Waals surface area contributed by atoms with Crippen LogP contribution in [0.15, 0.2) is 18.2 Å². The maximum absolute atomic E-state index is 13.0. The molecule has 2 saturated heterocycles. The smallest absolute Gasteiger partial charge is 0.338 e. The minimum absolute atomic E-state index is 0. The minimum Gasteiger partial charge on any atom is -0.493 e. The van der Waals surface area contributed by atoms with Crippen molar-refractivity contribution in [3.63, 3.8) is 0 Å². The summed E-state index contributed by atoms with van der Waals surface area (Å²) in [5.41, 5.74) is 0.868. The van der Waals surface area contributed by atoms with Crippen LogP contribution >= 0.6 is 12.4 Å². The number of benzene rings is 1. The molecule has 4 rings (SSSR count). The van der Waals surface area contributed by atoms with Crippen molar-refractivity contribution in [3.05, 3.63) is 29.3 Å². The maximum Gasteiger partial charge on any atom is 0.338 e. The Balaban J connectivity index is 0.00000210. The molecule has 3 aliphatic rings. The molecule has 0 bridgehead atoms. The van der Waals surface area contributed by atoms with Crippen LogP contribution in [0.2, 0.25) is 0 Å². The minimum atomic E-state index is -0.448. The molecule has 1 aromatic carbocycles. The van der Waals surface area contributed by atoms with Crippen molar-refractivity contribution in [2.45, 2.75) is 19.3 Å². The van der Waals surface area contributed by atoms with Gasteiger partial charge in [-0.25, -0.2) is 4.79 Å². The molecule has 2 aliphatic heterocycles. The summed E-state index contributed by atoms with van der Waals surface area (Å²) in [7, 11) is 1.35. The normalized spacial score (nSPS) is 24.0. The van der Waals surface area contributed by atoms with E-state index in [1.807, 2.05) is 4.90 Å². The van der Waals surface area contributed by atoms with Gasteiger partial charge in [0.05, 0.1) is 19.3 Å². The van der Waals surface area contributed by atoms with Crippen LogP contribution < -0.4 is 10.1 Å². The Bertz CT molecular complexity index is 695. The fraction of sp³-hybridized carbons (Fsp3) is 0.600. The molecule has 7 heteroatoms. The van der Waals surface area contributed by atoms with Gasteiger partial charge in [0.15, 0.2) is 0 Å². The lowest BCUT2D eigenvalue weighted by Gasteiger charge is -2.25. The number of carbonyl (C=O) groups excluding carboxylic acids is 2. The number of halogens is 1. The first kappa shape index (κ1) is 20.0. The highest BCUT2D eigenvalue weighted by atomic mass is 35.5. The van der Waals surface area contributed by atoms with E-state index >= 15 is 0 Å². The van der Waals surface area contributed by atoms with E-state index in [2.05, 4.69) is 5.32 Å². The van der Waals surface area contributed by atoms with E-state index in [0.717, 1.165) is 26.2 Å². The lowest BCUT2D eigenvalue weighted by Crippen LogP contribution is -2.32. The van der Waals surface area contributed by atoms with Gasteiger partial charge in [0.2, 0.25) is 0 Å². The van der Waals surface area contributed by atoms with Gasteiger partial charge in [-0.2, -0.15) is 0 Å². The molecule has 1 amide bonds. The topological polar surface area (TPSA) is 67.9 Å². The zero-order valence-corrected chi connectivity index (χ0v) is 16.4. The second-order valence-electron chi connectivity index (χ2n) is 7.73. The first-order chi connectivity index (χ1) is 12.6. The maximum atomic E-state index is 13.0. The van der Waals surface area contributed by atoms with Crippen molar-refractivity contribution >= 4 is 24.3 Å². The summed E-state index contributed by atoms with van der Waals surface area (Å²) in [5, 5.41) is 3.38. The molecule has 0 aromatic heterocycles. The molecule has 0 radical (unpaired) electrons. The molecule has 0 spiro atoms. The largest absolute Gasteiger partial charge is 0.493 e. The van der Waals surface area contributed by atoms with Gasteiger partial charge in [-0.3, -0.25) is 4.79 Å². The summed E-state index contributed by atoms with van der Waals surface area (Å²) >= 11 is 0. The average molecular weight is 395 g/mol. The summed E-state index contributed by atoms with van der Waals surface area (Å²) in [4.78, 5) is 26.9. The number of ether oxygens (including phenoxy) is 2. The molecule has 6 nitrogen and oxygen atoms in total. The lowest BCUT2D eigenvalue weighted by molar-refractivity contribution is 0.0600. The fourth-order valence-corrected chi connectivity index (χ4v) is 4.12. The lowest BCUT2D eigenvalue weighted by atomic mass is 9.86. The molecule has 1 saturated carbocycles. The van der Waals surface area contributed by atoms with E-state index in [-0.39, 0.29) is 18.3 Å². The van der Waals surface area contributed by atoms with E-state index in [9.17, 15) is 9.59 Å². The highest BCUT2D eigenvalue weighted by molar-refractivity contribution is 5.98. The highest BCUT2D eigenvalue weighted by Gasteiger charge is 2.38. The van der Waals surface area contributed by atoms with Crippen molar-refractivity contribution in [2.75, 3.05) is 39.9 Å². The molecule has 2 atom stereocenters. The number of hydrogen-bond donors (Lipinski definition) is 1. The van der Waals surface area contributed by atoms with Gasteiger partial charge >= 0.3 is 5.97 Å². The second-order valence-corrected chi connectivity index (χ2v) is 7.73. The SMILES string of the molecule is COC(=O)c1cc(OCC2CCC2)cc(C(=O)N2C[C@H]3CNC[C@H]3C2)c1.Cl. The predicted octanol–water partition coefficient (Wildman–Crippen LogP) is 2.37. The number of fused-ring (bicyclic) bond motifs is 1. The summed E-state index contributed by atoms with van der Waals surface area (Å²) in [6.45, 7) is 4.14. The Morgan fingerprint density at radius 1 is 1.11 bits per heavy atom. The van der Waals surface area contributed by atoms with E-state index in [1.54, 1.807) is 18.2 Å². The summed E-state index contributed by atoms with van der Waals surface area (Å²) < 4.78 is 10.7. The Morgan fingerprint density at radius 3 is 2.37 bits per heavy atom. The zero-order valence-electron chi connectivity index (χ0n) is 15.6. The van der Waals surface area contributed by atoms with Crippen molar-refractivity contribution in [3.8, 4) is 5.75 Å². The van der Waals surface area contributed by atoms with Crippen LogP contribution in [0.25, 0.3) is 0 Å². The van der Waals surface area contributed by atoms with E-state index < -0.39 is 5.97 Å². The first-order valence-corrected chi connectivity index (χ1v) is 9.50. The number of methoxy groups -OCH3 is 1. The molecule has 148 valence electrons. The molecule has 1 aromatic rings. The molecular formula is C20H27ClN2O4. The number of carbonyl (C=O) groups is 2. The summed E-state index contributed by atoms with van der Waals surface area (Å²) in [6, 6.07) is 5.06. The van der Waals surface area contributed by atoms with Crippen LogP contribution in [0.1, 0.15) is 40.0 Å². The van der Waals surface area contributed by atoms with Crippen LogP contribution in [0.4, 0.5) is 0 Å². The fourth-order valence-electron chi connectivity index (χ4n) is 4.12. The molecular weight excluding hydrogens is 368 g/mol. The van der Waals surface area contributed by atoms with Gasteiger partial charge in [0.1, 0.15) is 5.75 Å². The van der Waals surface area contributed by atoms with E-state index in [4.69, 9.17) is 9.47 Å². The molecule has 0 unspecified atom stereocenters. The molecule has 2 heterocycles. The van der Waals surface area contributed by atoms with Crippen LogP contribution in [0.3, 0.4) is 0 Å². The average Bonchev–Trinajstić information content (AvgIpc) is 3.20. The Hall–Kier alpha value is -1.79. The third-order valence-electron chi connectivity index (χ3n) is 5.96. The van der Waals surface area contributed by atoms with Gasteiger partial charge in [0, 0.05) is 31.7 Å². The van der Waals surface area contributed by atoms with E-state index in [1.165, 1.54) is 26.4 Å². The van der Waals surface area contributed by atoms with Crippen LogP contribution in [-0.4, -0.2) is 56.7 Å². The van der Waals surface area contributed by atoms with Crippen molar-refractivity contribution in [1.82, 2.24) is 10.2 Å². The number of hydrogen-bond acceptors (Lipinski definition) is 5. The third kappa shape index (κ3) is 4.22. The number of rotatable bonds is 5. The van der Waals surface area contributed by atoms with E-state index in [0.29, 0.717) is 41.2 Å². The molecule has 1 N–H and O–H groups in total. The van der Waals surface area contributed by atoms with Crippen molar-refractivity contribution in [1.29, 1.82) is 0 Å². The Morgan fingerprint density at radius 2 is 1.78 bits per heavy atom. The van der Waals surface area contributed by atoms with Crippen LogP contribution in [0, 0.1) is 17.8 Å². The third-order valence-corrected chi connectivity index (χ3v) is 5.96. The second kappa shape index (κ2) is 8.48. The standard InChI is InChI=1S/C20H26N2O4.ClH/c1-25-20(24)15-5-14(6-18(7-15)26-12-13-3-2-4-13)19(23)22-10-16-8-21-9-17(16)11-22;/h5-7,13,16-17,21H,2-4,8-12H2,1H3;1H/t16-,17+;. The number of nitrogens with zero attached hydrogens (tertiary/aromatic N) is 1.